The monoisotopic (exact) mass is 419 g/mol. The van der Waals surface area contributed by atoms with Crippen LogP contribution in [0.5, 0.6) is 0 Å². The molecule has 1 aliphatic carbocycles. The molecule has 28 heavy (non-hydrogen) atoms. The van der Waals surface area contributed by atoms with Crippen molar-refractivity contribution in [2.75, 3.05) is 13.7 Å². The van der Waals surface area contributed by atoms with Gasteiger partial charge in [0.15, 0.2) is 0 Å². The molecule has 3 atom stereocenters. The zero-order valence-electron chi connectivity index (χ0n) is 18.5. The smallest absolute Gasteiger partial charge is 0.314 e. The number of nitrogens with one attached hydrogen (secondary N) is 1. The van der Waals surface area contributed by atoms with Gasteiger partial charge in [0.05, 0.1) is 12.7 Å². The highest BCUT2D eigenvalue weighted by molar-refractivity contribution is 7.47. The Morgan fingerprint density at radius 3 is 1.86 bits per heavy atom. The van der Waals surface area contributed by atoms with Crippen LogP contribution in [0, 0.1) is 0 Å². The normalized spacial score (nSPS) is 21.8. The van der Waals surface area contributed by atoms with E-state index in [0.717, 1.165) is 32.1 Å². The van der Waals surface area contributed by atoms with Crippen molar-refractivity contribution < 1.29 is 18.5 Å². The summed E-state index contributed by atoms with van der Waals surface area (Å²) in [6.45, 7) is 2.58. The van der Waals surface area contributed by atoms with E-state index < -0.39 is 7.82 Å². The summed E-state index contributed by atoms with van der Waals surface area (Å²) >= 11 is 0. The molecule has 0 radical (unpaired) electrons. The summed E-state index contributed by atoms with van der Waals surface area (Å²) in [6.07, 6.45) is 20.7. The summed E-state index contributed by atoms with van der Waals surface area (Å²) in [6, 6.07) is 0.158. The summed E-state index contributed by atoms with van der Waals surface area (Å²) < 4.78 is 22.5. The van der Waals surface area contributed by atoms with Gasteiger partial charge >= 0.3 is 7.82 Å². The Bertz CT molecular complexity index is 408. The molecule has 0 aliphatic heterocycles. The molecule has 2 N–H and O–H groups in total. The number of hydrogen-bond donors (Lipinski definition) is 2. The van der Waals surface area contributed by atoms with Gasteiger partial charge in [-0.25, -0.2) is 4.57 Å². The molecule has 1 saturated carbocycles. The molecule has 0 spiro atoms. The zero-order valence-corrected chi connectivity index (χ0v) is 19.4. The Hall–Kier alpha value is 0.0700. The lowest BCUT2D eigenvalue weighted by Crippen LogP contribution is -2.34. The van der Waals surface area contributed by atoms with Crippen molar-refractivity contribution in [3.8, 4) is 0 Å². The average molecular weight is 420 g/mol. The Kier molecular flexibility index (Phi) is 15.7. The number of unbranched alkanes of at least 4 members (excludes halogenated alkanes) is 13. The maximum atomic E-state index is 12.0. The lowest BCUT2D eigenvalue weighted by atomic mass is 10.0. The topological polar surface area (TPSA) is 67.8 Å². The van der Waals surface area contributed by atoms with Crippen LogP contribution in [0.25, 0.3) is 0 Å². The lowest BCUT2D eigenvalue weighted by Gasteiger charge is -2.22. The first-order chi connectivity index (χ1) is 13.6. The summed E-state index contributed by atoms with van der Waals surface area (Å²) in [5.74, 6) is 0. The fourth-order valence-electron chi connectivity index (χ4n) is 4.06. The van der Waals surface area contributed by atoms with E-state index in [1.54, 1.807) is 0 Å². The molecule has 0 amide bonds. The minimum atomic E-state index is -3.92. The molecule has 0 heterocycles. The average Bonchev–Trinajstić information content (AvgIpc) is 3.11. The van der Waals surface area contributed by atoms with Crippen molar-refractivity contribution >= 4 is 7.82 Å². The van der Waals surface area contributed by atoms with E-state index in [1.807, 2.05) is 7.05 Å². The fraction of sp³-hybridized carbons (Fsp3) is 1.00. The molecule has 1 rings (SSSR count). The molecule has 1 unspecified atom stereocenters. The van der Waals surface area contributed by atoms with Crippen LogP contribution in [-0.4, -0.2) is 30.7 Å². The largest absolute Gasteiger partial charge is 0.472 e. The van der Waals surface area contributed by atoms with E-state index >= 15 is 0 Å². The first-order valence-corrected chi connectivity index (χ1v) is 13.4. The molecule has 5 nitrogen and oxygen atoms in total. The quantitative estimate of drug-likeness (QED) is 0.179. The number of hydrogen-bond acceptors (Lipinski definition) is 4. The second-order valence-electron chi connectivity index (χ2n) is 8.37. The molecule has 0 aromatic rings. The van der Waals surface area contributed by atoms with Crippen molar-refractivity contribution in [1.82, 2.24) is 5.32 Å². The zero-order chi connectivity index (χ0) is 20.5. The minimum absolute atomic E-state index is 0.158. The number of likely N-dealkylation sites (N-methyl/N-ethyl adjacent to an activating group) is 1. The predicted molar refractivity (Wildman–Crippen MR) is 118 cm³/mol. The molecule has 168 valence electrons. The SMILES string of the molecule is CCCCCCCCCCCCCCCCOP(=O)(O)O[C@H]1CCC[C@H]1NC. The van der Waals surface area contributed by atoms with Gasteiger partial charge in [0.2, 0.25) is 0 Å². The first-order valence-electron chi connectivity index (χ1n) is 11.9. The van der Waals surface area contributed by atoms with E-state index in [9.17, 15) is 9.46 Å². The van der Waals surface area contributed by atoms with Gasteiger partial charge in [-0.3, -0.25) is 9.05 Å². The van der Waals surface area contributed by atoms with E-state index in [2.05, 4.69) is 12.2 Å². The standard InChI is InChI=1S/C22H46NO4P/c1-3-4-5-6-7-8-9-10-11-12-13-14-15-16-20-26-28(24,25)27-22-19-17-18-21(22)23-2/h21-23H,3-20H2,1-2H3,(H,24,25)/t21-,22+/m1/s1. The Labute approximate surface area is 174 Å². The molecule has 0 aromatic heterocycles. The highest BCUT2D eigenvalue weighted by atomic mass is 31.2. The van der Waals surface area contributed by atoms with Gasteiger partial charge in [-0.15, -0.1) is 0 Å². The Morgan fingerprint density at radius 1 is 0.857 bits per heavy atom. The maximum absolute atomic E-state index is 12.0. The van der Waals surface area contributed by atoms with E-state index in [1.165, 1.54) is 77.0 Å². The summed E-state index contributed by atoms with van der Waals surface area (Å²) in [5.41, 5.74) is 0. The van der Waals surface area contributed by atoms with Gasteiger partial charge < -0.3 is 10.2 Å². The van der Waals surface area contributed by atoms with Gasteiger partial charge in [-0.2, -0.15) is 0 Å². The van der Waals surface area contributed by atoms with Crippen LogP contribution < -0.4 is 5.32 Å². The second kappa shape index (κ2) is 16.8. The fourth-order valence-corrected chi connectivity index (χ4v) is 5.08. The van der Waals surface area contributed by atoms with Crippen molar-refractivity contribution in [3.05, 3.63) is 0 Å². The van der Waals surface area contributed by atoms with Crippen molar-refractivity contribution in [2.45, 2.75) is 128 Å². The summed E-state index contributed by atoms with van der Waals surface area (Å²) in [4.78, 5) is 9.88. The van der Waals surface area contributed by atoms with Gasteiger partial charge in [-0.05, 0) is 32.7 Å². The van der Waals surface area contributed by atoms with Gasteiger partial charge in [-0.1, -0.05) is 90.4 Å². The predicted octanol–water partition coefficient (Wildman–Crippen LogP) is 6.74. The van der Waals surface area contributed by atoms with Crippen LogP contribution in [0.4, 0.5) is 0 Å². The Balaban J connectivity index is 1.86. The van der Waals surface area contributed by atoms with Crippen LogP contribution >= 0.6 is 7.82 Å². The first kappa shape index (κ1) is 26.1. The molecule has 1 aliphatic rings. The number of phosphoric acid groups is 1. The van der Waals surface area contributed by atoms with E-state index in [0.29, 0.717) is 6.61 Å². The minimum Gasteiger partial charge on any atom is -0.314 e. The lowest BCUT2D eigenvalue weighted by molar-refractivity contribution is 0.0928. The maximum Gasteiger partial charge on any atom is 0.472 e. The third kappa shape index (κ3) is 13.3. The highest BCUT2D eigenvalue weighted by Gasteiger charge is 2.34. The van der Waals surface area contributed by atoms with Crippen LogP contribution in [0.3, 0.4) is 0 Å². The van der Waals surface area contributed by atoms with E-state index in [4.69, 9.17) is 9.05 Å². The highest BCUT2D eigenvalue weighted by Crippen LogP contribution is 2.47. The van der Waals surface area contributed by atoms with Gasteiger partial charge in [0.25, 0.3) is 0 Å². The summed E-state index contributed by atoms with van der Waals surface area (Å²) in [5, 5.41) is 3.15. The molecular weight excluding hydrogens is 373 g/mol. The van der Waals surface area contributed by atoms with Crippen LogP contribution in [0.15, 0.2) is 0 Å². The van der Waals surface area contributed by atoms with Crippen molar-refractivity contribution in [3.63, 3.8) is 0 Å². The van der Waals surface area contributed by atoms with Crippen LogP contribution in [0.2, 0.25) is 0 Å². The number of rotatable bonds is 19. The van der Waals surface area contributed by atoms with E-state index in [-0.39, 0.29) is 12.1 Å². The molecule has 0 aromatic carbocycles. The third-order valence-electron chi connectivity index (χ3n) is 5.84. The van der Waals surface area contributed by atoms with Crippen molar-refractivity contribution in [1.29, 1.82) is 0 Å². The molecular formula is C22H46NO4P. The molecule has 1 fully saturated rings. The van der Waals surface area contributed by atoms with Crippen LogP contribution in [0.1, 0.15) is 116 Å². The molecule has 6 heteroatoms. The second-order valence-corrected chi connectivity index (χ2v) is 9.77. The van der Waals surface area contributed by atoms with Crippen LogP contribution in [-0.2, 0) is 13.6 Å². The Morgan fingerprint density at radius 2 is 1.36 bits per heavy atom. The molecule has 0 bridgehead atoms. The third-order valence-corrected chi connectivity index (χ3v) is 6.89. The van der Waals surface area contributed by atoms with Gasteiger partial charge in [0, 0.05) is 6.04 Å². The van der Waals surface area contributed by atoms with Crippen molar-refractivity contribution in [2.24, 2.45) is 0 Å². The summed E-state index contributed by atoms with van der Waals surface area (Å²) in [7, 11) is -2.05. The number of phosphoric ester groups is 1. The van der Waals surface area contributed by atoms with Gasteiger partial charge in [0.1, 0.15) is 0 Å². The molecule has 0 saturated heterocycles.